The fraction of sp³-hybridized carbons (Fsp3) is 0.356. The third-order valence-corrected chi connectivity index (χ3v) is 9.88. The van der Waals surface area contributed by atoms with Gasteiger partial charge in [-0.15, -0.1) is 0 Å². The number of benzene rings is 4. The normalized spacial score (nSPS) is 14.0. The van der Waals surface area contributed by atoms with E-state index in [2.05, 4.69) is 36.6 Å². The van der Waals surface area contributed by atoms with Gasteiger partial charge in [0, 0.05) is 25.9 Å². The lowest BCUT2D eigenvalue weighted by Crippen LogP contribution is -2.63. The summed E-state index contributed by atoms with van der Waals surface area (Å²) < 4.78 is 0. The Balaban J connectivity index is 1.34. The van der Waals surface area contributed by atoms with E-state index < -0.39 is 42.1 Å². The second-order valence-electron chi connectivity index (χ2n) is 15.1. The number of nitrogens with one attached hydrogen (secondary N) is 6. The van der Waals surface area contributed by atoms with Crippen LogP contribution in [0, 0.1) is 11.8 Å². The second-order valence-corrected chi connectivity index (χ2v) is 15.1. The number of H-pyrrole nitrogens is 1. The highest BCUT2D eigenvalue weighted by Gasteiger charge is 2.37. The maximum absolute atomic E-state index is 14.3. The molecule has 0 aliphatic carbocycles. The topological polar surface area (TPSA) is 177 Å². The molecule has 5 aromatic rings. The average Bonchev–Trinajstić information content (AvgIpc) is 3.64. The monoisotopic (exact) mass is 773 g/mol. The number of hydrogen-bond acceptors (Lipinski definition) is 7. The molecule has 0 spiro atoms. The molecule has 12 nitrogen and oxygen atoms in total. The first-order valence-corrected chi connectivity index (χ1v) is 19.6. The number of aliphatic hydroxyl groups is 1. The van der Waals surface area contributed by atoms with Crippen molar-refractivity contribution in [1.29, 1.82) is 0 Å². The van der Waals surface area contributed by atoms with Crippen molar-refractivity contribution in [2.75, 3.05) is 0 Å². The molecule has 5 rings (SSSR count). The number of aryl methyl sites for hydroxylation is 1. The van der Waals surface area contributed by atoms with E-state index in [9.17, 15) is 24.3 Å². The van der Waals surface area contributed by atoms with E-state index in [0.29, 0.717) is 12.2 Å². The molecule has 0 unspecified atom stereocenters. The maximum Gasteiger partial charge on any atom is 0.243 e. The van der Waals surface area contributed by atoms with Gasteiger partial charge in [-0.2, -0.15) is 0 Å². The highest BCUT2D eigenvalue weighted by molar-refractivity contribution is 5.91. The van der Waals surface area contributed by atoms with Crippen LogP contribution in [0.1, 0.15) is 56.6 Å². The Labute approximate surface area is 334 Å². The minimum atomic E-state index is -1.46. The van der Waals surface area contributed by atoms with Crippen molar-refractivity contribution in [3.05, 3.63) is 138 Å². The zero-order valence-corrected chi connectivity index (χ0v) is 33.1. The average molecular weight is 774 g/mol. The molecule has 300 valence electrons. The SMILES string of the molecule is CC(C)[C@H](NC(=O)CCc1nc2ccccc2[nH]1)C(=O)N[C@@H](Cc1ccccc1)[C@H](O)[C@@H](NCc1ccccc1)C(=O)N[C@H](C(=O)NCc1ccccc1)C(C)C. The van der Waals surface area contributed by atoms with Crippen LogP contribution >= 0.6 is 0 Å². The van der Waals surface area contributed by atoms with Gasteiger partial charge in [-0.05, 0) is 47.1 Å². The van der Waals surface area contributed by atoms with E-state index >= 15 is 0 Å². The molecule has 57 heavy (non-hydrogen) atoms. The van der Waals surface area contributed by atoms with Crippen molar-refractivity contribution in [3.8, 4) is 0 Å². The van der Waals surface area contributed by atoms with Crippen LogP contribution in [0.2, 0.25) is 0 Å². The van der Waals surface area contributed by atoms with Gasteiger partial charge in [-0.1, -0.05) is 131 Å². The van der Waals surface area contributed by atoms with Crippen molar-refractivity contribution in [2.24, 2.45) is 11.8 Å². The third-order valence-electron chi connectivity index (χ3n) is 9.88. The molecule has 1 aromatic heterocycles. The van der Waals surface area contributed by atoms with Gasteiger partial charge in [0.25, 0.3) is 0 Å². The summed E-state index contributed by atoms with van der Waals surface area (Å²) in [7, 11) is 0. The van der Waals surface area contributed by atoms with Crippen LogP contribution in [0.5, 0.6) is 0 Å². The molecule has 4 aromatic carbocycles. The predicted octanol–water partition coefficient (Wildman–Crippen LogP) is 4.34. The summed E-state index contributed by atoms with van der Waals surface area (Å²) in [5.74, 6) is -1.68. The second kappa shape index (κ2) is 20.9. The molecule has 0 bridgehead atoms. The van der Waals surface area contributed by atoms with Gasteiger partial charge in [-0.3, -0.25) is 24.5 Å². The quantitative estimate of drug-likeness (QED) is 0.0616. The van der Waals surface area contributed by atoms with E-state index in [0.717, 1.165) is 27.7 Å². The van der Waals surface area contributed by atoms with Crippen molar-refractivity contribution >= 4 is 34.7 Å². The molecule has 4 amide bonds. The lowest BCUT2D eigenvalue weighted by molar-refractivity contribution is -0.134. The molecule has 7 N–H and O–H groups in total. The molecule has 0 saturated heterocycles. The van der Waals surface area contributed by atoms with Crippen molar-refractivity contribution in [2.45, 2.75) is 90.3 Å². The van der Waals surface area contributed by atoms with Gasteiger partial charge in [0.1, 0.15) is 23.9 Å². The molecule has 0 radical (unpaired) electrons. The van der Waals surface area contributed by atoms with Crippen molar-refractivity contribution in [1.82, 2.24) is 36.6 Å². The van der Waals surface area contributed by atoms with Crippen LogP contribution in [0.3, 0.4) is 0 Å². The number of carbonyl (C=O) groups is 4. The minimum Gasteiger partial charge on any atom is -0.389 e. The number of aliphatic hydroxyl groups excluding tert-OH is 1. The number of nitrogens with zero attached hydrogens (tertiary/aromatic N) is 1. The van der Waals surface area contributed by atoms with Gasteiger partial charge in [-0.25, -0.2) is 4.98 Å². The first-order chi connectivity index (χ1) is 27.5. The Bertz CT molecular complexity index is 2010. The fourth-order valence-electron chi connectivity index (χ4n) is 6.63. The first kappa shape index (κ1) is 42.3. The predicted molar refractivity (Wildman–Crippen MR) is 221 cm³/mol. The highest BCUT2D eigenvalue weighted by atomic mass is 16.3. The Morgan fingerprint density at radius 2 is 1.14 bits per heavy atom. The van der Waals surface area contributed by atoms with Crippen molar-refractivity contribution in [3.63, 3.8) is 0 Å². The summed E-state index contributed by atoms with van der Waals surface area (Å²) in [6.07, 6.45) is -0.822. The van der Waals surface area contributed by atoms with Crippen LogP contribution in [-0.2, 0) is 45.1 Å². The van der Waals surface area contributed by atoms with E-state index in [1.54, 1.807) is 0 Å². The standard InChI is InChI=1S/C45H55N7O5/c1-29(2)39(43(55)47-28-33-20-12-7-13-21-33)52-45(57)41(46-27-32-18-10-6-11-19-32)42(54)36(26-31-16-8-5-9-17-31)50-44(56)40(30(3)4)51-38(53)25-24-37-48-34-22-14-15-23-35(34)49-37/h5-23,29-30,36,39-42,46,54H,24-28H2,1-4H3,(H,47,55)(H,48,49)(H,50,56)(H,51,53)(H,52,57)/t36-,39-,40-,41+,42-/m0/s1. The Morgan fingerprint density at radius 1 is 0.614 bits per heavy atom. The molecule has 0 saturated carbocycles. The number of para-hydroxylation sites is 2. The number of carbonyl (C=O) groups excluding carboxylic acids is 4. The summed E-state index contributed by atoms with van der Waals surface area (Å²) in [5, 5.41) is 27.1. The fourth-order valence-corrected chi connectivity index (χ4v) is 6.63. The Kier molecular flexibility index (Phi) is 15.5. The minimum absolute atomic E-state index is 0.105. The van der Waals surface area contributed by atoms with Gasteiger partial charge in [0.2, 0.25) is 23.6 Å². The number of hydrogen-bond donors (Lipinski definition) is 7. The molecule has 12 heteroatoms. The molecule has 0 aliphatic rings. The number of amides is 4. The van der Waals surface area contributed by atoms with Gasteiger partial charge in [0.15, 0.2) is 0 Å². The summed E-state index contributed by atoms with van der Waals surface area (Å²) >= 11 is 0. The third kappa shape index (κ3) is 12.6. The number of rotatable bonds is 20. The van der Waals surface area contributed by atoms with Crippen molar-refractivity contribution < 1.29 is 24.3 Å². The highest BCUT2D eigenvalue weighted by Crippen LogP contribution is 2.15. The molecular weight excluding hydrogens is 719 g/mol. The summed E-state index contributed by atoms with van der Waals surface area (Å²) in [6.45, 7) is 7.86. The molecule has 1 heterocycles. The van der Waals surface area contributed by atoms with Crippen LogP contribution in [0.4, 0.5) is 0 Å². The maximum atomic E-state index is 14.3. The zero-order chi connectivity index (χ0) is 40.7. The van der Waals surface area contributed by atoms with E-state index in [-0.39, 0.29) is 49.6 Å². The van der Waals surface area contributed by atoms with Gasteiger partial charge < -0.3 is 31.4 Å². The lowest BCUT2D eigenvalue weighted by atomic mass is 9.93. The van der Waals surface area contributed by atoms with E-state index in [1.165, 1.54) is 0 Å². The number of imidazole rings is 1. The van der Waals surface area contributed by atoms with Crippen LogP contribution in [0.15, 0.2) is 115 Å². The summed E-state index contributed by atoms with van der Waals surface area (Å²) in [6, 6.07) is 31.8. The zero-order valence-electron chi connectivity index (χ0n) is 33.1. The number of fused-ring (bicyclic) bond motifs is 1. The van der Waals surface area contributed by atoms with Crippen LogP contribution in [0.25, 0.3) is 11.0 Å². The van der Waals surface area contributed by atoms with Crippen LogP contribution < -0.4 is 26.6 Å². The summed E-state index contributed by atoms with van der Waals surface area (Å²) in [5.41, 5.74) is 4.30. The Hall–Kier alpha value is -5.85. The first-order valence-electron chi connectivity index (χ1n) is 19.6. The number of aromatic amines is 1. The van der Waals surface area contributed by atoms with Gasteiger partial charge in [0.05, 0.1) is 23.2 Å². The smallest absolute Gasteiger partial charge is 0.243 e. The summed E-state index contributed by atoms with van der Waals surface area (Å²) in [4.78, 5) is 62.9. The number of aromatic nitrogens is 2. The molecule has 0 fully saturated rings. The van der Waals surface area contributed by atoms with Gasteiger partial charge >= 0.3 is 0 Å². The lowest BCUT2D eigenvalue weighted by Gasteiger charge is -2.33. The molecule has 0 aliphatic heterocycles. The van der Waals surface area contributed by atoms with Crippen LogP contribution in [-0.4, -0.2) is 69.0 Å². The Morgan fingerprint density at radius 3 is 1.74 bits per heavy atom. The largest absolute Gasteiger partial charge is 0.389 e. The molecule has 5 atom stereocenters. The molecular formula is C45H55N7O5. The van der Waals surface area contributed by atoms with E-state index in [4.69, 9.17) is 0 Å². The van der Waals surface area contributed by atoms with E-state index in [1.807, 2.05) is 143 Å².